The van der Waals surface area contributed by atoms with Crippen molar-refractivity contribution in [2.24, 2.45) is 11.8 Å². The molecule has 3 aliphatic rings. The summed E-state index contributed by atoms with van der Waals surface area (Å²) >= 11 is 0. The van der Waals surface area contributed by atoms with Gasteiger partial charge in [-0.1, -0.05) is 44.2 Å². The summed E-state index contributed by atoms with van der Waals surface area (Å²) in [5, 5.41) is 6.31. The van der Waals surface area contributed by atoms with Crippen molar-refractivity contribution in [1.82, 2.24) is 10.6 Å². The maximum atomic E-state index is 14.0. The fourth-order valence-electron chi connectivity index (χ4n) is 6.39. The monoisotopic (exact) mass is 622 g/mol. The Morgan fingerprint density at radius 2 is 1.58 bits per heavy atom. The third-order valence-corrected chi connectivity index (χ3v) is 9.48. The molecule has 11 heteroatoms. The van der Waals surface area contributed by atoms with Crippen LogP contribution >= 0.6 is 0 Å². The van der Waals surface area contributed by atoms with E-state index in [2.05, 4.69) is 24.5 Å². The van der Waals surface area contributed by atoms with Gasteiger partial charge in [0.1, 0.15) is 6.04 Å². The summed E-state index contributed by atoms with van der Waals surface area (Å²) in [6.45, 7) is 12.3. The maximum absolute atomic E-state index is 14.0. The zero-order valence-electron chi connectivity index (χ0n) is 27.8. The summed E-state index contributed by atoms with van der Waals surface area (Å²) in [5.74, 6) is 1.26. The highest BCUT2D eigenvalue weighted by Gasteiger charge is 2.54. The van der Waals surface area contributed by atoms with E-state index in [-0.39, 0.29) is 30.4 Å². The zero-order chi connectivity index (χ0) is 32.5. The Labute approximate surface area is 266 Å². The van der Waals surface area contributed by atoms with Gasteiger partial charge >= 0.3 is 7.12 Å². The number of amides is 2. The van der Waals surface area contributed by atoms with Crippen LogP contribution in [0.25, 0.3) is 0 Å². The Bertz CT molecular complexity index is 1380. The predicted molar refractivity (Wildman–Crippen MR) is 171 cm³/mol. The van der Waals surface area contributed by atoms with E-state index < -0.39 is 30.3 Å². The fourth-order valence-corrected chi connectivity index (χ4v) is 6.39. The number of nitrogens with one attached hydrogen (secondary N) is 2. The molecule has 3 atom stereocenters. The summed E-state index contributed by atoms with van der Waals surface area (Å²) in [5.41, 5.74) is 1.72. The Hall–Kier alpha value is -3.44. The lowest BCUT2D eigenvalue weighted by Gasteiger charge is -2.32. The molecule has 0 bridgehead atoms. The van der Waals surface area contributed by atoms with E-state index in [0.717, 1.165) is 16.7 Å². The van der Waals surface area contributed by atoms with Crippen LogP contribution in [0.4, 0.5) is 0 Å². The number of benzene rings is 2. The second-order valence-electron chi connectivity index (χ2n) is 13.6. The van der Waals surface area contributed by atoms with Gasteiger partial charge in [0.25, 0.3) is 0 Å². The number of rotatable bonds is 11. The molecule has 2 N–H and O–H groups in total. The number of ether oxygens (including phenoxy) is 4. The molecule has 1 fully saturated rings. The van der Waals surface area contributed by atoms with Gasteiger partial charge in [-0.3, -0.25) is 9.59 Å². The lowest BCUT2D eigenvalue weighted by Crippen LogP contribution is -2.56. The van der Waals surface area contributed by atoms with E-state index in [0.29, 0.717) is 55.1 Å². The van der Waals surface area contributed by atoms with Crippen LogP contribution in [0, 0.1) is 11.8 Å². The summed E-state index contributed by atoms with van der Waals surface area (Å²) in [6.07, 6.45) is 2.61. The van der Waals surface area contributed by atoms with Crippen LogP contribution in [0.15, 0.2) is 30.3 Å². The second kappa shape index (κ2) is 13.1. The highest BCUT2D eigenvalue weighted by atomic mass is 16.7. The average molecular weight is 623 g/mol. The van der Waals surface area contributed by atoms with Crippen LogP contribution in [-0.4, -0.2) is 63.1 Å². The van der Waals surface area contributed by atoms with Gasteiger partial charge in [-0.05, 0) is 64.9 Å². The molecule has 0 aromatic heterocycles. The smallest absolute Gasteiger partial charge is 0.481 e. The minimum Gasteiger partial charge on any atom is -0.492 e. The lowest BCUT2D eigenvalue weighted by atomic mass is 9.73. The van der Waals surface area contributed by atoms with Gasteiger partial charge in [-0.2, -0.15) is 0 Å². The molecule has 0 spiro atoms. The predicted octanol–water partition coefficient (Wildman–Crippen LogP) is 4.43. The van der Waals surface area contributed by atoms with Crippen LogP contribution in [0.5, 0.6) is 23.0 Å². The molecule has 2 heterocycles. The summed E-state index contributed by atoms with van der Waals surface area (Å²) in [6, 6.07) is 8.92. The van der Waals surface area contributed by atoms with Crippen molar-refractivity contribution < 1.29 is 37.8 Å². The zero-order valence-corrected chi connectivity index (χ0v) is 27.8. The van der Waals surface area contributed by atoms with Crippen molar-refractivity contribution >= 4 is 18.9 Å². The van der Waals surface area contributed by atoms with Gasteiger partial charge in [0.15, 0.2) is 11.5 Å². The molecular weight excluding hydrogens is 575 g/mol. The van der Waals surface area contributed by atoms with Crippen molar-refractivity contribution in [3.63, 3.8) is 0 Å². The Balaban J connectivity index is 1.37. The Morgan fingerprint density at radius 3 is 2.20 bits per heavy atom. The molecule has 2 aromatic rings. The molecule has 244 valence electrons. The van der Waals surface area contributed by atoms with Gasteiger partial charge < -0.3 is 38.9 Å². The molecule has 1 aliphatic carbocycles. The highest BCUT2D eigenvalue weighted by molar-refractivity contribution is 6.48. The van der Waals surface area contributed by atoms with Gasteiger partial charge in [-0.25, -0.2) is 0 Å². The normalized spacial score (nSPS) is 20.7. The van der Waals surface area contributed by atoms with E-state index in [9.17, 15) is 9.59 Å². The number of fused-ring (bicyclic) bond motifs is 3. The van der Waals surface area contributed by atoms with E-state index in [1.807, 2.05) is 58.0 Å². The van der Waals surface area contributed by atoms with Crippen LogP contribution in [0.1, 0.15) is 71.1 Å². The quantitative estimate of drug-likeness (QED) is 0.354. The van der Waals surface area contributed by atoms with Crippen molar-refractivity contribution in [2.75, 3.05) is 21.0 Å². The van der Waals surface area contributed by atoms with Gasteiger partial charge in [0, 0.05) is 23.5 Å². The minimum absolute atomic E-state index is 0.0712. The largest absolute Gasteiger partial charge is 0.492 e. The standard InChI is InChI=1S/C34H47BN2O8/c1-20(2)16-26(35-44-33(3,4)34(5,6)45-35)37-32(39)25(17-21-12-10-9-11-13-21)36-31(38)22-14-15-23-24(18-22)28-30(43-19-42-28)29(41-8)27(23)40-7/h9-13,20,22,25-26H,14-19H2,1-8H3,(H,36,38)(H,37,39)/t22?,25-,26?/m0/s1. The number of methoxy groups -OCH3 is 2. The second-order valence-corrected chi connectivity index (χ2v) is 13.6. The molecule has 2 unspecified atom stereocenters. The van der Waals surface area contributed by atoms with Gasteiger partial charge in [0.05, 0.1) is 31.4 Å². The lowest BCUT2D eigenvalue weighted by molar-refractivity contribution is -0.131. The number of hydrogen-bond acceptors (Lipinski definition) is 8. The first-order valence-electron chi connectivity index (χ1n) is 15.9. The van der Waals surface area contributed by atoms with Crippen LogP contribution in [-0.2, 0) is 38.2 Å². The third kappa shape index (κ3) is 6.75. The molecule has 5 rings (SSSR count). The first kappa shape index (κ1) is 32.9. The Kier molecular flexibility index (Phi) is 9.61. The molecule has 2 amide bonds. The molecule has 2 aromatic carbocycles. The molecular formula is C34H47BN2O8. The fraction of sp³-hybridized carbons (Fsp3) is 0.588. The molecule has 0 saturated carbocycles. The van der Waals surface area contributed by atoms with Crippen LogP contribution in [0.2, 0.25) is 0 Å². The van der Waals surface area contributed by atoms with Crippen molar-refractivity contribution in [3.8, 4) is 23.0 Å². The van der Waals surface area contributed by atoms with Crippen LogP contribution in [0.3, 0.4) is 0 Å². The number of carbonyl (C=O) groups is 2. The minimum atomic E-state index is -0.797. The molecule has 10 nitrogen and oxygen atoms in total. The summed E-state index contributed by atoms with van der Waals surface area (Å²) in [7, 11) is 2.56. The van der Waals surface area contributed by atoms with Gasteiger partial charge in [0.2, 0.25) is 30.1 Å². The van der Waals surface area contributed by atoms with E-state index in [4.69, 9.17) is 28.3 Å². The first-order chi connectivity index (χ1) is 21.3. The molecule has 2 aliphatic heterocycles. The number of carbonyl (C=O) groups excluding carboxylic acids is 2. The SMILES string of the molecule is COc1c2c(c3c(c1OC)OCO3)CC(C(=O)N[C@@H](Cc1ccccc1)C(=O)NC(CC(C)C)B1OC(C)(C)C(C)(C)O1)CC2. The Morgan fingerprint density at radius 1 is 0.933 bits per heavy atom. The molecule has 0 radical (unpaired) electrons. The average Bonchev–Trinajstić information content (AvgIpc) is 3.57. The highest BCUT2D eigenvalue weighted by Crippen LogP contribution is 2.54. The van der Waals surface area contributed by atoms with Gasteiger partial charge in [-0.15, -0.1) is 0 Å². The van der Waals surface area contributed by atoms with Crippen molar-refractivity contribution in [1.29, 1.82) is 0 Å². The van der Waals surface area contributed by atoms with Crippen molar-refractivity contribution in [3.05, 3.63) is 47.0 Å². The van der Waals surface area contributed by atoms with E-state index in [1.165, 1.54) is 0 Å². The van der Waals surface area contributed by atoms with Crippen molar-refractivity contribution in [2.45, 2.75) is 96.8 Å². The number of hydrogen-bond donors (Lipinski definition) is 2. The summed E-state index contributed by atoms with van der Waals surface area (Å²) < 4.78 is 35.6. The van der Waals surface area contributed by atoms with E-state index in [1.54, 1.807) is 14.2 Å². The summed E-state index contributed by atoms with van der Waals surface area (Å²) in [4.78, 5) is 28.0. The maximum Gasteiger partial charge on any atom is 0.481 e. The molecule has 45 heavy (non-hydrogen) atoms. The molecule has 1 saturated heterocycles. The van der Waals surface area contributed by atoms with Crippen LogP contribution < -0.4 is 29.6 Å². The van der Waals surface area contributed by atoms with E-state index >= 15 is 0 Å². The topological polar surface area (TPSA) is 114 Å². The third-order valence-electron chi connectivity index (χ3n) is 9.48. The first-order valence-corrected chi connectivity index (χ1v) is 15.9.